The number of hydrogen-bond donors (Lipinski definition) is 3. The number of β-amino-alcohol motifs (C(OH)–C–C–N with tert-alkyl or cyclic N) is 1. The maximum Gasteiger partial charge on any atom is 0.341 e. The summed E-state index contributed by atoms with van der Waals surface area (Å²) in [5.74, 6) is -3.56. The third-order valence-electron chi connectivity index (χ3n) is 5.79. The molecule has 1 atom stereocenters. The van der Waals surface area contributed by atoms with E-state index >= 15 is 8.78 Å². The Balaban J connectivity index is 1.94. The first kappa shape index (κ1) is 20.5. The number of carboxylic acid groups (broad SMARTS) is 1. The summed E-state index contributed by atoms with van der Waals surface area (Å²) in [6.07, 6.45) is 2.81. The van der Waals surface area contributed by atoms with Gasteiger partial charge in [0.05, 0.1) is 22.2 Å². The van der Waals surface area contributed by atoms with Crippen molar-refractivity contribution in [3.63, 3.8) is 0 Å². The number of nitrogens with zero attached hydrogens (tertiary/aromatic N) is 3. The Morgan fingerprint density at radius 2 is 2.00 bits per heavy atom. The Morgan fingerprint density at radius 1 is 1.33 bits per heavy atom. The van der Waals surface area contributed by atoms with Crippen LogP contribution >= 0.6 is 0 Å². The maximum atomic E-state index is 15.7. The van der Waals surface area contributed by atoms with E-state index in [0.717, 1.165) is 6.20 Å². The van der Waals surface area contributed by atoms with Gasteiger partial charge in [-0.1, -0.05) is 0 Å². The molecular formula is C20H24F2N4O4. The van der Waals surface area contributed by atoms with Gasteiger partial charge in [-0.25, -0.2) is 13.6 Å². The normalized spacial score (nSPS) is 21.7. The van der Waals surface area contributed by atoms with E-state index in [0.29, 0.717) is 25.8 Å². The lowest BCUT2D eigenvalue weighted by molar-refractivity contribution is 0.0365. The van der Waals surface area contributed by atoms with Crippen molar-refractivity contribution in [3.8, 4) is 0 Å². The molecule has 2 heterocycles. The fourth-order valence-electron chi connectivity index (χ4n) is 4.39. The molecule has 30 heavy (non-hydrogen) atoms. The molecule has 4 rings (SSSR count). The average Bonchev–Trinajstić information content (AvgIpc) is 3.42. The monoisotopic (exact) mass is 422 g/mol. The Bertz CT molecular complexity index is 1110. The van der Waals surface area contributed by atoms with E-state index in [1.54, 1.807) is 19.0 Å². The third-order valence-corrected chi connectivity index (χ3v) is 5.79. The van der Waals surface area contributed by atoms with Gasteiger partial charge in [-0.15, -0.1) is 0 Å². The molecule has 1 aromatic carbocycles. The molecule has 0 radical (unpaired) electrons. The molecule has 10 heteroatoms. The number of carbonyl (C=O) groups is 1. The van der Waals surface area contributed by atoms with Crippen LogP contribution in [0.4, 0.5) is 20.2 Å². The van der Waals surface area contributed by atoms with E-state index in [4.69, 9.17) is 5.73 Å². The molecule has 1 unspecified atom stereocenters. The molecule has 162 valence electrons. The number of nitrogen functional groups attached to an aromatic ring is 1. The SMILES string of the molecule is CN(C)CC1(O)CCN(c2c(F)c(N)c3c(=O)c(C(=O)O)cn(C4CC4)c3c2F)C1. The summed E-state index contributed by atoms with van der Waals surface area (Å²) in [5, 5.41) is 19.7. The molecular weight excluding hydrogens is 398 g/mol. The highest BCUT2D eigenvalue weighted by Gasteiger charge is 2.40. The van der Waals surface area contributed by atoms with Gasteiger partial charge in [-0.2, -0.15) is 0 Å². The molecule has 1 aliphatic heterocycles. The minimum Gasteiger partial charge on any atom is -0.477 e. The van der Waals surface area contributed by atoms with Crippen molar-refractivity contribution >= 4 is 28.2 Å². The van der Waals surface area contributed by atoms with Gasteiger partial charge in [0.15, 0.2) is 11.6 Å². The van der Waals surface area contributed by atoms with E-state index in [-0.39, 0.29) is 24.6 Å². The van der Waals surface area contributed by atoms with Crippen LogP contribution in [0.25, 0.3) is 10.9 Å². The summed E-state index contributed by atoms with van der Waals surface area (Å²) >= 11 is 0. The van der Waals surface area contributed by atoms with Gasteiger partial charge < -0.3 is 30.3 Å². The van der Waals surface area contributed by atoms with E-state index < -0.39 is 51.0 Å². The number of fused-ring (bicyclic) bond motifs is 1. The molecule has 2 aliphatic rings. The predicted molar refractivity (Wildman–Crippen MR) is 108 cm³/mol. The number of halogens is 2. The lowest BCUT2D eigenvalue weighted by Crippen LogP contribution is -2.42. The van der Waals surface area contributed by atoms with Crippen LogP contribution in [0.3, 0.4) is 0 Å². The molecule has 1 aliphatic carbocycles. The summed E-state index contributed by atoms with van der Waals surface area (Å²) < 4.78 is 32.3. The van der Waals surface area contributed by atoms with Crippen LogP contribution in [0.1, 0.15) is 35.7 Å². The second kappa shape index (κ2) is 6.92. The van der Waals surface area contributed by atoms with Crippen LogP contribution < -0.4 is 16.1 Å². The fraction of sp³-hybridized carbons (Fsp3) is 0.500. The number of aliphatic hydroxyl groups is 1. The highest BCUT2D eigenvalue weighted by atomic mass is 19.1. The number of hydrogen-bond acceptors (Lipinski definition) is 6. The summed E-state index contributed by atoms with van der Waals surface area (Å²) in [4.78, 5) is 27.4. The molecule has 2 fully saturated rings. The molecule has 8 nitrogen and oxygen atoms in total. The van der Waals surface area contributed by atoms with Crippen molar-refractivity contribution < 1.29 is 23.8 Å². The van der Waals surface area contributed by atoms with Crippen molar-refractivity contribution in [2.45, 2.75) is 30.9 Å². The standard InChI is InChI=1S/C20H24F2N4O4/c1-24(2)8-20(30)5-6-25(9-20)17-13(21)15(23)12-16(14(17)22)26(10-3-4-10)7-11(18(12)27)19(28)29/h7,10,30H,3-6,8-9,23H2,1-2H3,(H,28,29). The van der Waals surface area contributed by atoms with Crippen molar-refractivity contribution in [3.05, 3.63) is 33.6 Å². The number of aromatic nitrogens is 1. The van der Waals surface area contributed by atoms with Crippen LogP contribution in [-0.4, -0.2) is 65.0 Å². The third kappa shape index (κ3) is 3.20. The maximum absolute atomic E-state index is 15.7. The summed E-state index contributed by atoms with van der Waals surface area (Å²) in [7, 11) is 3.59. The van der Waals surface area contributed by atoms with Gasteiger partial charge >= 0.3 is 5.97 Å². The van der Waals surface area contributed by atoms with Gasteiger partial charge in [-0.05, 0) is 33.4 Å². The zero-order chi connectivity index (χ0) is 22.0. The smallest absolute Gasteiger partial charge is 0.341 e. The number of nitrogens with two attached hydrogens (primary N) is 1. The molecule has 1 saturated carbocycles. The zero-order valence-electron chi connectivity index (χ0n) is 16.8. The molecule has 0 spiro atoms. The molecule has 2 aromatic rings. The van der Waals surface area contributed by atoms with E-state index in [9.17, 15) is 19.8 Å². The molecule has 4 N–H and O–H groups in total. The van der Waals surface area contributed by atoms with E-state index in [2.05, 4.69) is 0 Å². The quantitative estimate of drug-likeness (QED) is 0.625. The summed E-state index contributed by atoms with van der Waals surface area (Å²) in [6, 6.07) is -0.178. The number of pyridine rings is 1. The lowest BCUT2D eigenvalue weighted by atomic mass is 10.0. The Labute approximate surface area is 171 Å². The van der Waals surface area contributed by atoms with Crippen molar-refractivity contribution in [2.24, 2.45) is 0 Å². The number of rotatable bonds is 5. The zero-order valence-corrected chi connectivity index (χ0v) is 16.8. The Hall–Kier alpha value is -2.72. The van der Waals surface area contributed by atoms with Gasteiger partial charge in [0.2, 0.25) is 5.43 Å². The Morgan fingerprint density at radius 3 is 2.57 bits per heavy atom. The van der Waals surface area contributed by atoms with Crippen LogP contribution in [0, 0.1) is 11.6 Å². The average molecular weight is 422 g/mol. The highest BCUT2D eigenvalue weighted by Crippen LogP contribution is 2.42. The second-order valence-corrected chi connectivity index (χ2v) is 8.56. The number of carboxylic acids is 1. The highest BCUT2D eigenvalue weighted by molar-refractivity contribution is 5.99. The predicted octanol–water partition coefficient (Wildman–Crippen LogP) is 1.40. The number of anilines is 2. The first-order valence-corrected chi connectivity index (χ1v) is 9.74. The van der Waals surface area contributed by atoms with Crippen molar-refractivity contribution in [2.75, 3.05) is 44.4 Å². The second-order valence-electron chi connectivity index (χ2n) is 8.56. The van der Waals surface area contributed by atoms with E-state index in [1.165, 1.54) is 9.47 Å². The Kier molecular flexibility index (Phi) is 4.74. The summed E-state index contributed by atoms with van der Waals surface area (Å²) in [5.41, 5.74) is 2.02. The topological polar surface area (TPSA) is 112 Å². The van der Waals surface area contributed by atoms with Crippen molar-refractivity contribution in [1.29, 1.82) is 0 Å². The minimum atomic E-state index is -1.48. The summed E-state index contributed by atoms with van der Waals surface area (Å²) in [6.45, 7) is 0.541. The largest absolute Gasteiger partial charge is 0.477 e. The van der Waals surface area contributed by atoms with Crippen molar-refractivity contribution in [1.82, 2.24) is 9.47 Å². The van der Waals surface area contributed by atoms with Gasteiger partial charge in [0, 0.05) is 31.9 Å². The molecule has 0 amide bonds. The van der Waals surface area contributed by atoms with Gasteiger partial charge in [0.1, 0.15) is 11.3 Å². The molecule has 0 bridgehead atoms. The van der Waals surface area contributed by atoms with Crippen LogP contribution in [0.15, 0.2) is 11.0 Å². The first-order chi connectivity index (χ1) is 14.0. The van der Waals surface area contributed by atoms with Crippen LogP contribution in [0.5, 0.6) is 0 Å². The van der Waals surface area contributed by atoms with Gasteiger partial charge in [0.25, 0.3) is 0 Å². The number of benzene rings is 1. The fourth-order valence-corrected chi connectivity index (χ4v) is 4.39. The lowest BCUT2D eigenvalue weighted by Gasteiger charge is -2.28. The van der Waals surface area contributed by atoms with Crippen LogP contribution in [-0.2, 0) is 0 Å². The molecule has 1 aromatic heterocycles. The number of aromatic carboxylic acids is 1. The first-order valence-electron chi connectivity index (χ1n) is 9.74. The van der Waals surface area contributed by atoms with Gasteiger partial charge in [-0.3, -0.25) is 4.79 Å². The minimum absolute atomic E-state index is 0.00480. The van der Waals surface area contributed by atoms with Crippen LogP contribution in [0.2, 0.25) is 0 Å². The molecule has 1 saturated heterocycles. The van der Waals surface area contributed by atoms with E-state index in [1.807, 2.05) is 0 Å². The number of likely N-dealkylation sites (N-methyl/N-ethyl adjacent to an activating group) is 1.